The summed E-state index contributed by atoms with van der Waals surface area (Å²) in [7, 11) is 0. The summed E-state index contributed by atoms with van der Waals surface area (Å²) in [4.78, 5) is 19.4. The molecule has 2 fully saturated rings. The van der Waals surface area contributed by atoms with Gasteiger partial charge in [0.25, 0.3) is 0 Å². The first-order chi connectivity index (χ1) is 6.89. The maximum atomic E-state index is 10.2. The van der Waals surface area contributed by atoms with Crippen molar-refractivity contribution in [3.8, 4) is 0 Å². The average molecular weight is 204 g/mol. The molecule has 2 aliphatic rings. The molecule has 0 aromatic carbocycles. The zero-order chi connectivity index (χ0) is 10.1. The van der Waals surface area contributed by atoms with Gasteiger partial charge in [-0.05, 0) is 25.7 Å². The summed E-state index contributed by atoms with van der Waals surface area (Å²) < 4.78 is 9.08. The molecule has 2 heterocycles. The molecular weight excluding hydrogens is 188 g/mol. The highest BCUT2D eigenvalue weighted by Crippen LogP contribution is 1.99. The minimum Gasteiger partial charge on any atom is -0.434 e. The molecule has 0 amide bonds. The summed E-state index contributed by atoms with van der Waals surface area (Å²) in [5, 5.41) is 0. The Bertz CT molecular complexity index is 134. The molecule has 5 heteroatoms. The van der Waals surface area contributed by atoms with E-state index in [1.54, 1.807) is 0 Å². The topological polar surface area (TPSA) is 54.0 Å². The third-order valence-corrected chi connectivity index (χ3v) is 1.77. The van der Waals surface area contributed by atoms with Gasteiger partial charge >= 0.3 is 6.16 Å². The predicted octanol–water partition coefficient (Wildman–Crippen LogP) is 1.66. The van der Waals surface area contributed by atoms with Gasteiger partial charge in [0.15, 0.2) is 0 Å². The van der Waals surface area contributed by atoms with E-state index in [2.05, 4.69) is 19.2 Å². The predicted molar refractivity (Wildman–Crippen MR) is 47.7 cm³/mol. The van der Waals surface area contributed by atoms with E-state index < -0.39 is 6.16 Å². The molecule has 82 valence electrons. The van der Waals surface area contributed by atoms with Gasteiger partial charge in [-0.15, -0.1) is 0 Å². The molecule has 14 heavy (non-hydrogen) atoms. The molecule has 0 spiro atoms. The standard InChI is InChI=1S/C5H8O3.C4H8O2/c6-5-7-3-1-2-4-8-5;1-2-4-6-5-3-1/h1-4H2;1-4H2. The normalized spacial score (nSPS) is 22.1. The molecule has 0 atom stereocenters. The minimum atomic E-state index is -0.525. The van der Waals surface area contributed by atoms with Crippen LogP contribution in [-0.2, 0) is 19.2 Å². The van der Waals surface area contributed by atoms with E-state index in [9.17, 15) is 4.79 Å². The Kier molecular flexibility index (Phi) is 6.10. The highest BCUT2D eigenvalue weighted by Gasteiger charge is 2.06. The second-order valence-corrected chi connectivity index (χ2v) is 3.01. The molecule has 2 rings (SSSR count). The van der Waals surface area contributed by atoms with Crippen molar-refractivity contribution in [2.45, 2.75) is 25.7 Å². The van der Waals surface area contributed by atoms with Gasteiger partial charge in [0.1, 0.15) is 0 Å². The Morgan fingerprint density at radius 2 is 1.14 bits per heavy atom. The lowest BCUT2D eigenvalue weighted by molar-refractivity contribution is -0.312. The Balaban J connectivity index is 0.000000146. The van der Waals surface area contributed by atoms with E-state index in [1.807, 2.05) is 0 Å². The Labute approximate surface area is 83.2 Å². The van der Waals surface area contributed by atoms with Crippen molar-refractivity contribution in [1.29, 1.82) is 0 Å². The first-order valence-electron chi connectivity index (χ1n) is 4.93. The van der Waals surface area contributed by atoms with Gasteiger partial charge in [0.2, 0.25) is 0 Å². The SMILES string of the molecule is C1CCOOC1.O=C1OCCCCO1. The van der Waals surface area contributed by atoms with E-state index in [0.717, 1.165) is 38.9 Å². The van der Waals surface area contributed by atoms with Crippen molar-refractivity contribution < 1.29 is 24.0 Å². The summed E-state index contributed by atoms with van der Waals surface area (Å²) >= 11 is 0. The smallest absolute Gasteiger partial charge is 0.434 e. The van der Waals surface area contributed by atoms with Crippen LogP contribution in [0.3, 0.4) is 0 Å². The first kappa shape index (κ1) is 11.3. The number of carbonyl (C=O) groups is 1. The second kappa shape index (κ2) is 7.58. The molecule has 2 aliphatic heterocycles. The van der Waals surface area contributed by atoms with Crippen LogP contribution >= 0.6 is 0 Å². The second-order valence-electron chi connectivity index (χ2n) is 3.01. The highest BCUT2D eigenvalue weighted by molar-refractivity contribution is 5.59. The number of rotatable bonds is 0. The van der Waals surface area contributed by atoms with Crippen LogP contribution in [0.25, 0.3) is 0 Å². The number of hydrogen-bond donors (Lipinski definition) is 0. The number of carbonyl (C=O) groups excluding carboxylic acids is 1. The van der Waals surface area contributed by atoms with Crippen molar-refractivity contribution >= 4 is 6.16 Å². The molecule has 0 aliphatic carbocycles. The summed E-state index contributed by atoms with van der Waals surface area (Å²) in [6.07, 6.45) is 3.62. The fourth-order valence-corrected chi connectivity index (χ4v) is 0.997. The van der Waals surface area contributed by atoms with Crippen LogP contribution in [0.1, 0.15) is 25.7 Å². The molecular formula is C9H16O5. The zero-order valence-corrected chi connectivity index (χ0v) is 8.20. The van der Waals surface area contributed by atoms with Crippen molar-refractivity contribution in [3.05, 3.63) is 0 Å². The summed E-state index contributed by atoms with van der Waals surface area (Å²) in [5.41, 5.74) is 0. The van der Waals surface area contributed by atoms with E-state index in [0.29, 0.717) is 13.2 Å². The molecule has 0 radical (unpaired) electrons. The van der Waals surface area contributed by atoms with Crippen LogP contribution in [0.4, 0.5) is 4.79 Å². The molecule has 0 N–H and O–H groups in total. The van der Waals surface area contributed by atoms with Crippen LogP contribution in [0, 0.1) is 0 Å². The fourth-order valence-electron chi connectivity index (χ4n) is 0.997. The number of ether oxygens (including phenoxy) is 2. The first-order valence-corrected chi connectivity index (χ1v) is 4.93. The van der Waals surface area contributed by atoms with Gasteiger partial charge in [-0.3, -0.25) is 0 Å². The molecule has 2 saturated heterocycles. The van der Waals surface area contributed by atoms with E-state index in [4.69, 9.17) is 0 Å². The average Bonchev–Trinajstić information content (AvgIpc) is 2.49. The number of cyclic esters (lactones) is 2. The maximum Gasteiger partial charge on any atom is 0.508 e. The lowest BCUT2D eigenvalue weighted by Gasteiger charge is -2.07. The third kappa shape index (κ3) is 5.77. The van der Waals surface area contributed by atoms with Crippen molar-refractivity contribution in [2.75, 3.05) is 26.4 Å². The Morgan fingerprint density at radius 1 is 0.714 bits per heavy atom. The van der Waals surface area contributed by atoms with Gasteiger partial charge in [-0.2, -0.15) is 0 Å². The van der Waals surface area contributed by atoms with E-state index in [-0.39, 0.29) is 0 Å². The third-order valence-electron chi connectivity index (χ3n) is 1.77. The van der Waals surface area contributed by atoms with Crippen LogP contribution in [0.15, 0.2) is 0 Å². The molecule has 0 bridgehead atoms. The van der Waals surface area contributed by atoms with Crippen LogP contribution in [-0.4, -0.2) is 32.6 Å². The van der Waals surface area contributed by atoms with Crippen LogP contribution in [0.2, 0.25) is 0 Å². The summed E-state index contributed by atoms with van der Waals surface area (Å²) in [6, 6.07) is 0. The minimum absolute atomic E-state index is 0.513. The lowest BCUT2D eigenvalue weighted by Crippen LogP contribution is -2.05. The molecule has 0 aromatic heterocycles. The van der Waals surface area contributed by atoms with E-state index in [1.165, 1.54) is 0 Å². The summed E-state index contributed by atoms with van der Waals surface area (Å²) in [6.45, 7) is 2.58. The fraction of sp³-hybridized carbons (Fsp3) is 0.889. The monoisotopic (exact) mass is 204 g/mol. The van der Waals surface area contributed by atoms with Gasteiger partial charge in [-0.25, -0.2) is 14.6 Å². The van der Waals surface area contributed by atoms with Crippen molar-refractivity contribution in [1.82, 2.24) is 0 Å². The molecule has 0 saturated carbocycles. The largest absolute Gasteiger partial charge is 0.508 e. The molecule has 5 nitrogen and oxygen atoms in total. The van der Waals surface area contributed by atoms with Crippen molar-refractivity contribution in [2.24, 2.45) is 0 Å². The van der Waals surface area contributed by atoms with Gasteiger partial charge in [0, 0.05) is 0 Å². The Morgan fingerprint density at radius 3 is 1.50 bits per heavy atom. The van der Waals surface area contributed by atoms with Gasteiger partial charge < -0.3 is 9.47 Å². The lowest BCUT2D eigenvalue weighted by atomic mass is 10.3. The number of hydrogen-bond acceptors (Lipinski definition) is 5. The maximum absolute atomic E-state index is 10.2. The molecule has 0 unspecified atom stereocenters. The Hall–Kier alpha value is -0.810. The highest BCUT2D eigenvalue weighted by atomic mass is 17.2. The van der Waals surface area contributed by atoms with Crippen LogP contribution < -0.4 is 0 Å². The van der Waals surface area contributed by atoms with Gasteiger partial charge in [-0.1, -0.05) is 0 Å². The zero-order valence-electron chi connectivity index (χ0n) is 8.20. The molecule has 0 aromatic rings. The van der Waals surface area contributed by atoms with Crippen molar-refractivity contribution in [3.63, 3.8) is 0 Å². The quantitative estimate of drug-likeness (QED) is 0.443. The summed E-state index contributed by atoms with van der Waals surface area (Å²) in [5.74, 6) is 0. The van der Waals surface area contributed by atoms with Gasteiger partial charge in [0.05, 0.1) is 26.4 Å². The van der Waals surface area contributed by atoms with Crippen LogP contribution in [0.5, 0.6) is 0 Å². The van der Waals surface area contributed by atoms with E-state index >= 15 is 0 Å².